The first-order valence-corrected chi connectivity index (χ1v) is 7.72. The summed E-state index contributed by atoms with van der Waals surface area (Å²) < 4.78 is 11.0. The summed E-state index contributed by atoms with van der Waals surface area (Å²) in [4.78, 5) is 0. The van der Waals surface area contributed by atoms with Gasteiger partial charge in [-0.05, 0) is 42.2 Å². The number of benzene rings is 2. The second-order valence-corrected chi connectivity index (χ2v) is 6.51. The predicted octanol–water partition coefficient (Wildman–Crippen LogP) is 4.35. The molecule has 4 nitrogen and oxygen atoms in total. The molecule has 0 bridgehead atoms. The number of phenols is 1. The Bertz CT molecular complexity index is 702. The van der Waals surface area contributed by atoms with Crippen molar-refractivity contribution in [3.8, 4) is 28.4 Å². The second-order valence-electron chi connectivity index (χ2n) is 6.51. The molecule has 0 aromatic heterocycles. The van der Waals surface area contributed by atoms with E-state index in [1.807, 2.05) is 37.3 Å². The molecule has 124 valence electrons. The summed E-state index contributed by atoms with van der Waals surface area (Å²) in [6, 6.07) is 9.34. The van der Waals surface area contributed by atoms with E-state index in [4.69, 9.17) is 15.2 Å². The maximum Gasteiger partial charge on any atom is 0.146 e. The monoisotopic (exact) mass is 315 g/mol. The van der Waals surface area contributed by atoms with Gasteiger partial charge in [0.25, 0.3) is 0 Å². The van der Waals surface area contributed by atoms with E-state index < -0.39 is 0 Å². The van der Waals surface area contributed by atoms with Crippen LogP contribution in [-0.4, -0.2) is 18.8 Å². The average molecular weight is 315 g/mol. The number of phenolic OH excluding ortho intramolecular Hbond substituents is 1. The van der Waals surface area contributed by atoms with Crippen molar-refractivity contribution in [2.45, 2.75) is 33.1 Å². The van der Waals surface area contributed by atoms with Gasteiger partial charge in [-0.2, -0.15) is 0 Å². The molecule has 2 aromatic carbocycles. The zero-order chi connectivity index (χ0) is 17.2. The van der Waals surface area contributed by atoms with Crippen molar-refractivity contribution in [3.63, 3.8) is 0 Å². The number of methoxy groups -OCH3 is 1. The van der Waals surface area contributed by atoms with Gasteiger partial charge in [0, 0.05) is 17.2 Å². The highest BCUT2D eigenvalue weighted by Crippen LogP contribution is 2.43. The summed E-state index contributed by atoms with van der Waals surface area (Å²) >= 11 is 0. The zero-order valence-electron chi connectivity index (χ0n) is 14.4. The summed E-state index contributed by atoms with van der Waals surface area (Å²) in [7, 11) is 1.60. The molecular weight excluding hydrogens is 290 g/mol. The molecule has 0 unspecified atom stereocenters. The van der Waals surface area contributed by atoms with E-state index in [1.165, 1.54) is 0 Å². The first-order valence-electron chi connectivity index (χ1n) is 7.72. The van der Waals surface area contributed by atoms with Crippen LogP contribution in [0.5, 0.6) is 17.2 Å². The molecule has 0 atom stereocenters. The number of hydrogen-bond donors (Lipinski definition) is 2. The molecule has 4 heteroatoms. The van der Waals surface area contributed by atoms with Crippen molar-refractivity contribution < 1.29 is 14.6 Å². The van der Waals surface area contributed by atoms with Crippen LogP contribution in [0, 0.1) is 0 Å². The average Bonchev–Trinajstić information content (AvgIpc) is 2.49. The van der Waals surface area contributed by atoms with Gasteiger partial charge in [-0.3, -0.25) is 0 Å². The molecular formula is C19H25NO3. The summed E-state index contributed by atoms with van der Waals surface area (Å²) in [6.45, 7) is 8.84. The summed E-state index contributed by atoms with van der Waals surface area (Å²) in [6.07, 6.45) is 0. The Hall–Kier alpha value is -2.36. The number of anilines is 1. The first kappa shape index (κ1) is 17.0. The molecule has 3 N–H and O–H groups in total. The standard InChI is InChI=1S/C19H25NO3/c1-6-23-13-7-8-14(17(11-13)22-5)15-9-12(19(2,3)4)10-16(20)18(15)21/h7-11,21H,6,20H2,1-5H3. The number of hydrogen-bond acceptors (Lipinski definition) is 4. The second kappa shape index (κ2) is 6.41. The number of rotatable bonds is 4. The Morgan fingerprint density at radius 2 is 1.78 bits per heavy atom. The van der Waals surface area contributed by atoms with Crippen molar-refractivity contribution in [1.29, 1.82) is 0 Å². The van der Waals surface area contributed by atoms with Gasteiger partial charge in [0.15, 0.2) is 0 Å². The third-order valence-electron chi connectivity index (χ3n) is 3.78. The van der Waals surface area contributed by atoms with E-state index in [1.54, 1.807) is 7.11 Å². The lowest BCUT2D eigenvalue weighted by Gasteiger charge is -2.22. The minimum Gasteiger partial charge on any atom is -0.505 e. The van der Waals surface area contributed by atoms with E-state index in [9.17, 15) is 5.11 Å². The van der Waals surface area contributed by atoms with Crippen molar-refractivity contribution in [1.82, 2.24) is 0 Å². The molecule has 2 rings (SSSR count). The Labute approximate surface area is 137 Å². The quantitative estimate of drug-likeness (QED) is 0.650. The maximum atomic E-state index is 10.4. The first-order chi connectivity index (χ1) is 10.8. The lowest BCUT2D eigenvalue weighted by molar-refractivity contribution is 0.336. The normalized spacial score (nSPS) is 11.3. The van der Waals surface area contributed by atoms with Gasteiger partial charge in [-0.1, -0.05) is 20.8 Å². The molecule has 2 aromatic rings. The topological polar surface area (TPSA) is 64.7 Å². The van der Waals surface area contributed by atoms with Crippen LogP contribution in [0.4, 0.5) is 5.69 Å². The summed E-state index contributed by atoms with van der Waals surface area (Å²) in [5, 5.41) is 10.4. The molecule has 0 aliphatic heterocycles. The fourth-order valence-electron chi connectivity index (χ4n) is 2.45. The molecule has 0 radical (unpaired) electrons. The number of nitrogens with two attached hydrogens (primary N) is 1. The Balaban J connectivity index is 2.64. The smallest absolute Gasteiger partial charge is 0.146 e. The third-order valence-corrected chi connectivity index (χ3v) is 3.78. The van der Waals surface area contributed by atoms with Gasteiger partial charge in [0.2, 0.25) is 0 Å². The molecule has 0 aliphatic carbocycles. The van der Waals surface area contributed by atoms with Crippen LogP contribution in [0.2, 0.25) is 0 Å². The Morgan fingerprint density at radius 3 is 2.35 bits per heavy atom. The van der Waals surface area contributed by atoms with Gasteiger partial charge >= 0.3 is 0 Å². The van der Waals surface area contributed by atoms with E-state index in [0.717, 1.165) is 16.9 Å². The molecule has 0 heterocycles. The van der Waals surface area contributed by atoms with E-state index in [-0.39, 0.29) is 11.2 Å². The van der Waals surface area contributed by atoms with Crippen molar-refractivity contribution in [2.24, 2.45) is 0 Å². The fourth-order valence-corrected chi connectivity index (χ4v) is 2.45. The van der Waals surface area contributed by atoms with E-state index in [2.05, 4.69) is 20.8 Å². The largest absolute Gasteiger partial charge is 0.505 e. The van der Waals surface area contributed by atoms with Gasteiger partial charge in [0.1, 0.15) is 17.2 Å². The lowest BCUT2D eigenvalue weighted by atomic mass is 9.84. The zero-order valence-corrected chi connectivity index (χ0v) is 14.4. The molecule has 0 spiro atoms. The van der Waals surface area contributed by atoms with Crippen LogP contribution in [0.25, 0.3) is 11.1 Å². The number of aromatic hydroxyl groups is 1. The van der Waals surface area contributed by atoms with Crippen LogP contribution >= 0.6 is 0 Å². The molecule has 0 amide bonds. The molecule has 0 aliphatic rings. The van der Waals surface area contributed by atoms with Crippen molar-refractivity contribution in [2.75, 3.05) is 19.5 Å². The van der Waals surface area contributed by atoms with Crippen LogP contribution in [-0.2, 0) is 5.41 Å². The SMILES string of the molecule is CCOc1ccc(-c2cc(C(C)(C)C)cc(N)c2O)c(OC)c1. The highest BCUT2D eigenvalue weighted by atomic mass is 16.5. The maximum absolute atomic E-state index is 10.4. The summed E-state index contributed by atoms with van der Waals surface area (Å²) in [5.74, 6) is 1.43. The van der Waals surface area contributed by atoms with Crippen LogP contribution < -0.4 is 15.2 Å². The van der Waals surface area contributed by atoms with Crippen molar-refractivity contribution >= 4 is 5.69 Å². The molecule has 23 heavy (non-hydrogen) atoms. The van der Waals surface area contributed by atoms with Crippen LogP contribution in [0.3, 0.4) is 0 Å². The Kier molecular flexibility index (Phi) is 4.73. The fraction of sp³-hybridized carbons (Fsp3) is 0.368. The number of nitrogen functional groups attached to an aromatic ring is 1. The van der Waals surface area contributed by atoms with Crippen molar-refractivity contribution in [3.05, 3.63) is 35.9 Å². The van der Waals surface area contributed by atoms with Gasteiger partial charge in [-0.15, -0.1) is 0 Å². The minimum atomic E-state index is -0.0743. The van der Waals surface area contributed by atoms with Gasteiger partial charge in [0.05, 0.1) is 19.4 Å². The highest BCUT2D eigenvalue weighted by Gasteiger charge is 2.20. The van der Waals surface area contributed by atoms with Crippen LogP contribution in [0.1, 0.15) is 33.3 Å². The minimum absolute atomic E-state index is 0.0699. The van der Waals surface area contributed by atoms with E-state index >= 15 is 0 Å². The van der Waals surface area contributed by atoms with E-state index in [0.29, 0.717) is 23.6 Å². The van der Waals surface area contributed by atoms with Crippen LogP contribution in [0.15, 0.2) is 30.3 Å². The summed E-state index contributed by atoms with van der Waals surface area (Å²) in [5.41, 5.74) is 8.80. The third kappa shape index (κ3) is 3.52. The molecule has 0 fully saturated rings. The van der Waals surface area contributed by atoms with Gasteiger partial charge in [-0.25, -0.2) is 0 Å². The lowest BCUT2D eigenvalue weighted by Crippen LogP contribution is -2.12. The molecule has 0 saturated heterocycles. The Morgan fingerprint density at radius 1 is 1.09 bits per heavy atom. The molecule has 0 saturated carbocycles. The number of ether oxygens (including phenoxy) is 2. The predicted molar refractivity (Wildman–Crippen MR) is 94.4 cm³/mol. The highest BCUT2D eigenvalue weighted by molar-refractivity contribution is 5.82. The van der Waals surface area contributed by atoms with Gasteiger partial charge < -0.3 is 20.3 Å².